The fraction of sp³-hybridized carbons (Fsp3) is 0.333. The molecule has 1 fully saturated rings. The Labute approximate surface area is 220 Å². The number of sulfonamides is 1. The predicted molar refractivity (Wildman–Crippen MR) is 143 cm³/mol. The largest absolute Gasteiger partial charge is 0.497 e. The number of furan rings is 1. The monoisotopic (exact) mass is 539 g/mol. The van der Waals surface area contributed by atoms with Gasteiger partial charge in [-0.25, -0.2) is 13.4 Å². The molecule has 0 bridgehead atoms. The van der Waals surface area contributed by atoms with E-state index in [-0.39, 0.29) is 23.9 Å². The van der Waals surface area contributed by atoms with Crippen molar-refractivity contribution in [1.82, 2.24) is 9.29 Å². The van der Waals surface area contributed by atoms with E-state index in [9.17, 15) is 13.2 Å². The van der Waals surface area contributed by atoms with E-state index in [2.05, 4.69) is 13.0 Å². The number of hydrogen-bond acceptors (Lipinski definition) is 7. The number of nitrogens with zero attached hydrogens (tertiary/aromatic N) is 3. The van der Waals surface area contributed by atoms with E-state index in [1.807, 2.05) is 19.1 Å². The van der Waals surface area contributed by atoms with Crippen molar-refractivity contribution >= 4 is 42.6 Å². The van der Waals surface area contributed by atoms with Crippen LogP contribution in [0.5, 0.6) is 5.75 Å². The van der Waals surface area contributed by atoms with Crippen LogP contribution in [0.25, 0.3) is 10.2 Å². The number of carbonyl (C=O) groups excluding carboxylic acids is 1. The molecule has 194 valence electrons. The number of hydrogen-bond donors (Lipinski definition) is 0. The Bertz CT molecular complexity index is 1470. The Hall–Kier alpha value is -3.21. The lowest BCUT2D eigenvalue weighted by Gasteiger charge is -2.33. The molecule has 1 amide bonds. The molecule has 2 aromatic carbocycles. The lowest BCUT2D eigenvalue weighted by molar-refractivity contribution is -0.123. The van der Waals surface area contributed by atoms with Gasteiger partial charge in [0.2, 0.25) is 15.9 Å². The molecule has 1 unspecified atom stereocenters. The van der Waals surface area contributed by atoms with Crippen molar-refractivity contribution in [2.24, 2.45) is 5.92 Å². The molecule has 0 aliphatic carbocycles. The number of aryl methyl sites for hydroxylation is 2. The molecule has 10 heteroatoms. The molecule has 3 heterocycles. The van der Waals surface area contributed by atoms with Crippen molar-refractivity contribution in [2.45, 2.75) is 38.1 Å². The first-order valence-electron chi connectivity index (χ1n) is 12.1. The number of methoxy groups -OCH3 is 1. The Morgan fingerprint density at radius 2 is 1.95 bits per heavy atom. The number of benzene rings is 2. The predicted octanol–water partition coefficient (Wildman–Crippen LogP) is 5.15. The lowest BCUT2D eigenvalue weighted by atomic mass is 9.98. The van der Waals surface area contributed by atoms with Crippen LogP contribution in [0.15, 0.2) is 64.1 Å². The van der Waals surface area contributed by atoms with Gasteiger partial charge in [0.15, 0.2) is 5.13 Å². The van der Waals surface area contributed by atoms with Gasteiger partial charge in [-0.05, 0) is 86.3 Å². The first-order chi connectivity index (χ1) is 17.8. The Morgan fingerprint density at radius 1 is 1.19 bits per heavy atom. The third kappa shape index (κ3) is 5.14. The lowest BCUT2D eigenvalue weighted by Crippen LogP contribution is -2.46. The van der Waals surface area contributed by atoms with E-state index < -0.39 is 15.9 Å². The van der Waals surface area contributed by atoms with Gasteiger partial charge in [-0.2, -0.15) is 4.31 Å². The van der Waals surface area contributed by atoms with Crippen LogP contribution in [0.4, 0.5) is 5.13 Å². The number of aromatic nitrogens is 1. The minimum Gasteiger partial charge on any atom is -0.497 e. The standard InChI is InChI=1S/C27H29N3O5S2/c1-18-14-24-25(15-19(18)2)36-27(28-24)30(17-22-7-5-13-35-22)26(31)20-6-4-12-29(16-20)37(32,33)23-10-8-21(34-3)9-11-23/h5,7-11,13-15,20H,4,6,12,16-17H2,1-3H3. The molecule has 1 aliphatic heterocycles. The minimum atomic E-state index is -3.75. The quantitative estimate of drug-likeness (QED) is 0.323. The summed E-state index contributed by atoms with van der Waals surface area (Å²) < 4.78 is 39.9. The topological polar surface area (TPSA) is 93.0 Å². The van der Waals surface area contributed by atoms with E-state index in [4.69, 9.17) is 14.1 Å². The third-order valence-corrected chi connectivity index (χ3v) is 9.73. The van der Waals surface area contributed by atoms with Crippen LogP contribution in [0.2, 0.25) is 0 Å². The van der Waals surface area contributed by atoms with E-state index in [1.54, 1.807) is 29.4 Å². The Balaban J connectivity index is 1.43. The molecule has 1 atom stereocenters. The number of anilines is 1. The van der Waals surface area contributed by atoms with Gasteiger partial charge in [0.25, 0.3) is 0 Å². The molecule has 2 aromatic heterocycles. The zero-order valence-electron chi connectivity index (χ0n) is 21.0. The molecule has 0 saturated carbocycles. The number of piperidine rings is 1. The molecule has 4 aromatic rings. The highest BCUT2D eigenvalue weighted by Crippen LogP contribution is 2.34. The van der Waals surface area contributed by atoms with Crippen LogP contribution in [0, 0.1) is 19.8 Å². The summed E-state index contributed by atoms with van der Waals surface area (Å²) in [5.74, 6) is 0.574. The van der Waals surface area contributed by atoms with Crippen molar-refractivity contribution in [1.29, 1.82) is 0 Å². The summed E-state index contributed by atoms with van der Waals surface area (Å²) in [4.78, 5) is 20.5. The van der Waals surface area contributed by atoms with Gasteiger partial charge in [-0.1, -0.05) is 11.3 Å². The van der Waals surface area contributed by atoms with Crippen molar-refractivity contribution in [2.75, 3.05) is 25.1 Å². The highest BCUT2D eigenvalue weighted by atomic mass is 32.2. The molecule has 37 heavy (non-hydrogen) atoms. The number of thiazole rings is 1. The number of amides is 1. The Kier molecular flexibility index (Phi) is 7.06. The number of ether oxygens (including phenoxy) is 1. The first-order valence-corrected chi connectivity index (χ1v) is 14.4. The summed E-state index contributed by atoms with van der Waals surface area (Å²) >= 11 is 1.46. The number of rotatable bonds is 7. The summed E-state index contributed by atoms with van der Waals surface area (Å²) in [6.45, 7) is 4.81. The molecule has 1 aliphatic rings. The van der Waals surface area contributed by atoms with Crippen LogP contribution < -0.4 is 9.64 Å². The van der Waals surface area contributed by atoms with Crippen molar-refractivity contribution < 1.29 is 22.4 Å². The van der Waals surface area contributed by atoms with Gasteiger partial charge < -0.3 is 9.15 Å². The molecule has 0 radical (unpaired) electrons. The number of carbonyl (C=O) groups is 1. The van der Waals surface area contributed by atoms with Gasteiger partial charge in [0.1, 0.15) is 11.5 Å². The Morgan fingerprint density at radius 3 is 2.65 bits per heavy atom. The van der Waals surface area contributed by atoms with E-state index >= 15 is 0 Å². The second kappa shape index (κ2) is 10.3. The van der Waals surface area contributed by atoms with E-state index in [0.29, 0.717) is 36.0 Å². The third-order valence-electron chi connectivity index (χ3n) is 6.81. The van der Waals surface area contributed by atoms with Crippen molar-refractivity contribution in [3.63, 3.8) is 0 Å². The molecule has 8 nitrogen and oxygen atoms in total. The zero-order valence-corrected chi connectivity index (χ0v) is 22.6. The number of fused-ring (bicyclic) bond motifs is 1. The molecular weight excluding hydrogens is 510 g/mol. The molecule has 5 rings (SSSR count). The zero-order chi connectivity index (χ0) is 26.2. The molecule has 0 N–H and O–H groups in total. The minimum absolute atomic E-state index is 0.116. The van der Waals surface area contributed by atoms with Crippen LogP contribution >= 0.6 is 11.3 Å². The van der Waals surface area contributed by atoms with E-state index in [0.717, 1.165) is 15.8 Å². The van der Waals surface area contributed by atoms with Crippen LogP contribution in [-0.2, 0) is 21.4 Å². The van der Waals surface area contributed by atoms with Crippen LogP contribution in [0.3, 0.4) is 0 Å². The van der Waals surface area contributed by atoms with Gasteiger partial charge >= 0.3 is 0 Å². The van der Waals surface area contributed by atoms with Gasteiger partial charge in [0.05, 0.1) is 40.9 Å². The average molecular weight is 540 g/mol. The highest BCUT2D eigenvalue weighted by Gasteiger charge is 2.36. The molecule has 0 spiro atoms. The summed E-state index contributed by atoms with van der Waals surface area (Å²) in [5.41, 5.74) is 3.14. The van der Waals surface area contributed by atoms with Crippen LogP contribution in [-0.4, -0.2) is 43.8 Å². The van der Waals surface area contributed by atoms with Gasteiger partial charge in [0, 0.05) is 13.1 Å². The van der Waals surface area contributed by atoms with E-state index in [1.165, 1.54) is 40.4 Å². The van der Waals surface area contributed by atoms with Crippen LogP contribution in [0.1, 0.15) is 29.7 Å². The second-order valence-corrected chi connectivity index (χ2v) is 12.2. The first kappa shape index (κ1) is 25.4. The van der Waals surface area contributed by atoms with Crippen molar-refractivity contribution in [3.8, 4) is 5.75 Å². The average Bonchev–Trinajstić information content (AvgIpc) is 3.57. The fourth-order valence-corrected chi connectivity index (χ4v) is 7.13. The summed E-state index contributed by atoms with van der Waals surface area (Å²) in [7, 11) is -2.21. The molecular formula is C27H29N3O5S2. The SMILES string of the molecule is COc1ccc(S(=O)(=O)N2CCCC(C(=O)N(Cc3ccco3)c3nc4cc(C)c(C)cc4s3)C2)cc1. The highest BCUT2D eigenvalue weighted by molar-refractivity contribution is 7.89. The maximum atomic E-state index is 13.9. The summed E-state index contributed by atoms with van der Waals surface area (Å²) in [6.07, 6.45) is 2.77. The molecule has 1 saturated heterocycles. The van der Waals surface area contributed by atoms with Gasteiger partial charge in [-0.15, -0.1) is 0 Å². The van der Waals surface area contributed by atoms with Gasteiger partial charge in [-0.3, -0.25) is 9.69 Å². The maximum absolute atomic E-state index is 13.9. The smallest absolute Gasteiger partial charge is 0.243 e. The maximum Gasteiger partial charge on any atom is 0.243 e. The second-order valence-electron chi connectivity index (χ2n) is 9.28. The fourth-order valence-electron chi connectivity index (χ4n) is 4.56. The summed E-state index contributed by atoms with van der Waals surface area (Å²) in [6, 6.07) is 14.1. The summed E-state index contributed by atoms with van der Waals surface area (Å²) in [5, 5.41) is 0.580. The van der Waals surface area contributed by atoms with Crippen molar-refractivity contribution in [3.05, 3.63) is 71.7 Å². The normalized spacial score (nSPS) is 16.7.